The third kappa shape index (κ3) is 4.32. The lowest BCUT2D eigenvalue weighted by atomic mass is 9.93. The van der Waals surface area contributed by atoms with Crippen molar-refractivity contribution >= 4 is 0 Å². The van der Waals surface area contributed by atoms with Crippen LogP contribution in [0.15, 0.2) is 12.1 Å². The molecule has 5 heteroatoms. The molecule has 0 saturated heterocycles. The minimum atomic E-state index is -0.346. The number of hydrogen-bond donors (Lipinski definition) is 1. The van der Waals surface area contributed by atoms with Crippen LogP contribution >= 0.6 is 0 Å². The van der Waals surface area contributed by atoms with Gasteiger partial charge in [-0.2, -0.15) is 0 Å². The average Bonchev–Trinajstić information content (AvgIpc) is 2.43. The zero-order valence-corrected chi connectivity index (χ0v) is 13.5. The fourth-order valence-electron chi connectivity index (χ4n) is 2.51. The molecule has 21 heavy (non-hydrogen) atoms. The highest BCUT2D eigenvalue weighted by Crippen LogP contribution is 2.36. The first-order valence-electron chi connectivity index (χ1n) is 7.32. The Bertz CT molecular complexity index is 451. The van der Waals surface area contributed by atoms with E-state index in [9.17, 15) is 9.50 Å². The van der Waals surface area contributed by atoms with Gasteiger partial charge in [-0.1, -0.05) is 6.92 Å². The van der Waals surface area contributed by atoms with Gasteiger partial charge < -0.3 is 19.5 Å². The monoisotopic (exact) mass is 299 g/mol. The summed E-state index contributed by atoms with van der Waals surface area (Å²) >= 11 is 0. The third-order valence-electron chi connectivity index (χ3n) is 3.36. The molecule has 0 aliphatic carbocycles. The maximum absolute atomic E-state index is 14.5. The summed E-state index contributed by atoms with van der Waals surface area (Å²) in [6.07, 6.45) is 0. The van der Waals surface area contributed by atoms with E-state index in [1.54, 1.807) is 6.07 Å². The van der Waals surface area contributed by atoms with Crippen LogP contribution in [0.4, 0.5) is 4.39 Å². The van der Waals surface area contributed by atoms with Crippen LogP contribution in [0.1, 0.15) is 32.4 Å². The van der Waals surface area contributed by atoms with Gasteiger partial charge in [-0.25, -0.2) is 4.39 Å². The first-order valence-corrected chi connectivity index (χ1v) is 7.32. The lowest BCUT2D eigenvalue weighted by Crippen LogP contribution is -2.28. The van der Waals surface area contributed by atoms with Crippen LogP contribution in [-0.2, 0) is 0 Å². The standard InChI is InChI=1S/C16H26FNO3/c1-6-20-14-8-12(13(17)9-15(14)21-7-2)16(18(4)5)11(3)10-19/h8-9,11,16,19H,6-7,10H2,1-5H3. The Morgan fingerprint density at radius 1 is 1.14 bits per heavy atom. The highest BCUT2D eigenvalue weighted by molar-refractivity contribution is 5.45. The number of halogens is 1. The van der Waals surface area contributed by atoms with Crippen molar-refractivity contribution in [2.24, 2.45) is 5.92 Å². The van der Waals surface area contributed by atoms with Gasteiger partial charge in [-0.15, -0.1) is 0 Å². The van der Waals surface area contributed by atoms with Crippen molar-refractivity contribution in [3.05, 3.63) is 23.5 Å². The number of nitrogens with zero attached hydrogens (tertiary/aromatic N) is 1. The topological polar surface area (TPSA) is 41.9 Å². The molecule has 0 saturated carbocycles. The van der Waals surface area contributed by atoms with Gasteiger partial charge in [0, 0.05) is 24.3 Å². The Morgan fingerprint density at radius 2 is 1.67 bits per heavy atom. The second kappa shape index (κ2) is 8.20. The number of benzene rings is 1. The van der Waals surface area contributed by atoms with Crippen molar-refractivity contribution in [2.45, 2.75) is 26.8 Å². The first-order chi connectivity index (χ1) is 9.96. The fourth-order valence-corrected chi connectivity index (χ4v) is 2.51. The molecule has 1 aromatic carbocycles. The lowest BCUT2D eigenvalue weighted by Gasteiger charge is -2.30. The predicted octanol–water partition coefficient (Wildman–Crippen LogP) is 2.85. The molecule has 0 spiro atoms. The van der Waals surface area contributed by atoms with Gasteiger partial charge in [-0.3, -0.25) is 0 Å². The van der Waals surface area contributed by atoms with Crippen molar-refractivity contribution in [3.8, 4) is 11.5 Å². The molecule has 1 rings (SSSR count). The number of hydrogen-bond acceptors (Lipinski definition) is 4. The highest BCUT2D eigenvalue weighted by atomic mass is 19.1. The molecule has 0 aliphatic rings. The minimum absolute atomic E-state index is 0.0144. The molecule has 0 aromatic heterocycles. The van der Waals surface area contributed by atoms with Crippen LogP contribution in [-0.4, -0.2) is 43.9 Å². The first kappa shape index (κ1) is 17.7. The molecule has 1 N–H and O–H groups in total. The summed E-state index contributed by atoms with van der Waals surface area (Å²) in [6.45, 7) is 6.52. The normalized spacial score (nSPS) is 14.1. The zero-order chi connectivity index (χ0) is 16.0. The van der Waals surface area contributed by atoms with Crippen LogP contribution in [0, 0.1) is 11.7 Å². The van der Waals surface area contributed by atoms with E-state index < -0.39 is 0 Å². The van der Waals surface area contributed by atoms with E-state index in [-0.39, 0.29) is 24.4 Å². The molecule has 0 radical (unpaired) electrons. The highest BCUT2D eigenvalue weighted by Gasteiger charge is 2.26. The largest absolute Gasteiger partial charge is 0.490 e. The van der Waals surface area contributed by atoms with E-state index in [1.807, 2.05) is 39.8 Å². The molecule has 0 fully saturated rings. The Kier molecular flexibility index (Phi) is 6.92. The van der Waals surface area contributed by atoms with Gasteiger partial charge in [0.1, 0.15) is 5.82 Å². The molecule has 0 bridgehead atoms. The van der Waals surface area contributed by atoms with Crippen LogP contribution in [0.2, 0.25) is 0 Å². The molecular formula is C16H26FNO3. The van der Waals surface area contributed by atoms with E-state index in [2.05, 4.69) is 0 Å². The summed E-state index contributed by atoms with van der Waals surface area (Å²) in [5, 5.41) is 9.41. The number of rotatable bonds is 8. The van der Waals surface area contributed by atoms with Gasteiger partial charge in [0.15, 0.2) is 11.5 Å². The van der Waals surface area contributed by atoms with Crippen LogP contribution < -0.4 is 9.47 Å². The smallest absolute Gasteiger partial charge is 0.164 e. The summed E-state index contributed by atoms with van der Waals surface area (Å²) in [5.74, 6) is 0.505. The summed E-state index contributed by atoms with van der Waals surface area (Å²) < 4.78 is 25.4. The zero-order valence-electron chi connectivity index (χ0n) is 13.5. The van der Waals surface area contributed by atoms with Crippen LogP contribution in [0.25, 0.3) is 0 Å². The predicted molar refractivity (Wildman–Crippen MR) is 81.4 cm³/mol. The van der Waals surface area contributed by atoms with Gasteiger partial charge in [0.2, 0.25) is 0 Å². The third-order valence-corrected chi connectivity index (χ3v) is 3.36. The second-order valence-electron chi connectivity index (χ2n) is 5.25. The quantitative estimate of drug-likeness (QED) is 0.801. The number of aliphatic hydroxyl groups is 1. The SMILES string of the molecule is CCOc1cc(F)c(C(C(C)CO)N(C)C)cc1OCC. The average molecular weight is 299 g/mol. The molecule has 120 valence electrons. The summed E-state index contributed by atoms with van der Waals surface area (Å²) in [4.78, 5) is 1.90. The molecule has 2 unspecified atom stereocenters. The molecular weight excluding hydrogens is 273 g/mol. The molecule has 0 amide bonds. The number of aliphatic hydroxyl groups excluding tert-OH is 1. The maximum Gasteiger partial charge on any atom is 0.164 e. The van der Waals surface area contributed by atoms with Gasteiger partial charge >= 0.3 is 0 Å². The van der Waals surface area contributed by atoms with Crippen molar-refractivity contribution < 1.29 is 19.0 Å². The van der Waals surface area contributed by atoms with Crippen molar-refractivity contribution in [3.63, 3.8) is 0 Å². The Balaban J connectivity index is 3.30. The van der Waals surface area contributed by atoms with Crippen LogP contribution in [0.3, 0.4) is 0 Å². The summed E-state index contributed by atoms with van der Waals surface area (Å²) in [7, 11) is 3.74. The van der Waals surface area contributed by atoms with Crippen molar-refractivity contribution in [1.82, 2.24) is 4.90 Å². The lowest BCUT2D eigenvalue weighted by molar-refractivity contribution is 0.142. The van der Waals surface area contributed by atoms with E-state index >= 15 is 0 Å². The minimum Gasteiger partial charge on any atom is -0.490 e. The van der Waals surface area contributed by atoms with Gasteiger partial charge in [-0.05, 0) is 39.9 Å². The molecule has 4 nitrogen and oxygen atoms in total. The van der Waals surface area contributed by atoms with E-state index in [4.69, 9.17) is 9.47 Å². The molecule has 0 aliphatic heterocycles. The number of ether oxygens (including phenoxy) is 2. The van der Waals surface area contributed by atoms with Gasteiger partial charge in [0.05, 0.1) is 13.2 Å². The Labute approximate surface area is 126 Å². The van der Waals surface area contributed by atoms with E-state index in [0.717, 1.165) is 0 Å². The second-order valence-corrected chi connectivity index (χ2v) is 5.25. The van der Waals surface area contributed by atoms with Crippen molar-refractivity contribution in [1.29, 1.82) is 0 Å². The summed E-state index contributed by atoms with van der Waals surface area (Å²) in [5.41, 5.74) is 0.508. The Hall–Kier alpha value is -1.33. The summed E-state index contributed by atoms with van der Waals surface area (Å²) in [6, 6.07) is 2.82. The van der Waals surface area contributed by atoms with E-state index in [0.29, 0.717) is 30.3 Å². The van der Waals surface area contributed by atoms with Crippen LogP contribution in [0.5, 0.6) is 11.5 Å². The molecule has 2 atom stereocenters. The maximum atomic E-state index is 14.5. The fraction of sp³-hybridized carbons (Fsp3) is 0.625. The molecule has 0 heterocycles. The molecule has 1 aromatic rings. The van der Waals surface area contributed by atoms with Gasteiger partial charge in [0.25, 0.3) is 0 Å². The van der Waals surface area contributed by atoms with Crippen molar-refractivity contribution in [2.75, 3.05) is 33.9 Å². The Morgan fingerprint density at radius 3 is 2.10 bits per heavy atom. The van der Waals surface area contributed by atoms with E-state index in [1.165, 1.54) is 6.07 Å².